The molecule has 0 aliphatic rings. The maximum Gasteiger partial charge on any atom is 0.292 e. The first-order chi connectivity index (χ1) is 16.7. The number of nitrogens with one attached hydrogen (secondary N) is 1. The fourth-order valence-electron chi connectivity index (χ4n) is 3.01. The highest BCUT2D eigenvalue weighted by Crippen LogP contribution is 2.21. The van der Waals surface area contributed by atoms with Crippen molar-refractivity contribution >= 4 is 17.4 Å². The zero-order valence-electron chi connectivity index (χ0n) is 17.5. The summed E-state index contributed by atoms with van der Waals surface area (Å²) in [5.74, 6) is -6.29. The van der Waals surface area contributed by atoms with Gasteiger partial charge in [0, 0.05) is 30.5 Å². The van der Waals surface area contributed by atoms with E-state index >= 15 is 0 Å². The molecule has 0 spiro atoms. The van der Waals surface area contributed by atoms with E-state index in [0.717, 1.165) is 4.68 Å². The van der Waals surface area contributed by atoms with Crippen molar-refractivity contribution in [1.29, 1.82) is 0 Å². The summed E-state index contributed by atoms with van der Waals surface area (Å²) in [5.41, 5.74) is -0.942. The van der Waals surface area contributed by atoms with E-state index in [2.05, 4.69) is 10.4 Å². The Morgan fingerprint density at radius 3 is 2.40 bits per heavy atom. The number of benzene rings is 2. The maximum atomic E-state index is 13.8. The highest BCUT2D eigenvalue weighted by Gasteiger charge is 2.20. The maximum absolute atomic E-state index is 13.8. The second-order valence-corrected chi connectivity index (χ2v) is 7.11. The zero-order valence-corrected chi connectivity index (χ0v) is 17.5. The summed E-state index contributed by atoms with van der Waals surface area (Å²) >= 11 is 0. The molecule has 0 unspecified atom stereocenters. The molecule has 1 N–H and O–H groups in total. The van der Waals surface area contributed by atoms with Crippen LogP contribution in [0.4, 0.5) is 29.1 Å². The Morgan fingerprint density at radius 1 is 1.06 bits per heavy atom. The number of carbonyl (C=O) groups excluding carboxylic acids is 1. The normalized spacial score (nSPS) is 10.9. The molecule has 2 heterocycles. The second-order valence-electron chi connectivity index (χ2n) is 7.11. The molecule has 1 amide bonds. The first-order valence-electron chi connectivity index (χ1n) is 9.84. The Hall–Kier alpha value is -4.68. The molecule has 0 fully saturated rings. The minimum absolute atomic E-state index is 0.00669. The highest BCUT2D eigenvalue weighted by atomic mass is 19.2. The molecule has 2 aromatic heterocycles. The molecule has 4 rings (SSSR count). The van der Waals surface area contributed by atoms with Crippen LogP contribution in [0.25, 0.3) is 0 Å². The van der Waals surface area contributed by atoms with Gasteiger partial charge in [-0.2, -0.15) is 5.10 Å². The van der Waals surface area contributed by atoms with Crippen LogP contribution < -0.4 is 10.1 Å². The molecular weight excluding hydrogens is 476 g/mol. The molecule has 2 aromatic carbocycles. The number of amides is 1. The number of non-ortho nitro benzene ring substituents is 1. The van der Waals surface area contributed by atoms with Crippen molar-refractivity contribution in [2.24, 2.45) is 0 Å². The van der Waals surface area contributed by atoms with E-state index in [9.17, 15) is 32.5 Å². The largest absolute Gasteiger partial charge is 0.486 e. The summed E-state index contributed by atoms with van der Waals surface area (Å²) in [7, 11) is 0. The van der Waals surface area contributed by atoms with Gasteiger partial charge in [0.05, 0.1) is 17.0 Å². The van der Waals surface area contributed by atoms with Gasteiger partial charge < -0.3 is 14.5 Å². The molecule has 35 heavy (non-hydrogen) atoms. The number of ether oxygens (including phenoxy) is 1. The van der Waals surface area contributed by atoms with Gasteiger partial charge in [-0.15, -0.1) is 0 Å². The van der Waals surface area contributed by atoms with Gasteiger partial charge in [0.25, 0.3) is 11.6 Å². The van der Waals surface area contributed by atoms with Gasteiger partial charge in [-0.25, -0.2) is 17.6 Å². The van der Waals surface area contributed by atoms with Crippen LogP contribution in [0.5, 0.6) is 5.75 Å². The van der Waals surface area contributed by atoms with Crippen LogP contribution in [0.2, 0.25) is 0 Å². The van der Waals surface area contributed by atoms with Crippen LogP contribution in [0.15, 0.2) is 59.1 Å². The quantitative estimate of drug-likeness (QED) is 0.164. The number of aromatic nitrogens is 2. The van der Waals surface area contributed by atoms with Crippen LogP contribution >= 0.6 is 0 Å². The van der Waals surface area contributed by atoms with Crippen molar-refractivity contribution in [3.63, 3.8) is 0 Å². The van der Waals surface area contributed by atoms with E-state index in [1.54, 1.807) is 0 Å². The smallest absolute Gasteiger partial charge is 0.292 e. The molecule has 0 saturated carbocycles. The van der Waals surface area contributed by atoms with Crippen LogP contribution in [0, 0.1) is 33.4 Å². The van der Waals surface area contributed by atoms with Crippen LogP contribution in [-0.2, 0) is 13.2 Å². The topological polar surface area (TPSA) is 112 Å². The molecule has 9 nitrogen and oxygen atoms in total. The fraction of sp³-hybridized carbons (Fsp3) is 0.0909. The third-order valence-corrected chi connectivity index (χ3v) is 4.72. The monoisotopic (exact) mass is 490 g/mol. The molecule has 0 atom stereocenters. The minimum atomic E-state index is -1.54. The predicted octanol–water partition coefficient (Wildman–Crippen LogP) is 4.82. The summed E-state index contributed by atoms with van der Waals surface area (Å²) in [6.07, 6.45) is 1.25. The molecule has 0 aliphatic carbocycles. The number of furan rings is 1. The number of rotatable bonds is 8. The number of carbonyl (C=O) groups is 1. The lowest BCUT2D eigenvalue weighted by atomic mass is 10.2. The first-order valence-corrected chi connectivity index (χ1v) is 9.84. The lowest BCUT2D eigenvalue weighted by molar-refractivity contribution is -0.384. The molecule has 0 saturated heterocycles. The number of hydrogen-bond acceptors (Lipinski definition) is 6. The third kappa shape index (κ3) is 5.29. The second kappa shape index (κ2) is 9.67. The van der Waals surface area contributed by atoms with Crippen molar-refractivity contribution in [2.45, 2.75) is 13.2 Å². The molecule has 0 radical (unpaired) electrons. The molecule has 4 aromatic rings. The average Bonchev–Trinajstić information content (AvgIpc) is 3.49. The van der Waals surface area contributed by atoms with Gasteiger partial charge in [0.2, 0.25) is 0 Å². The molecule has 13 heteroatoms. The van der Waals surface area contributed by atoms with E-state index in [1.165, 1.54) is 48.7 Å². The summed E-state index contributed by atoms with van der Waals surface area (Å²) in [5, 5.41) is 17.0. The number of hydrogen-bond donors (Lipinski definition) is 1. The fourth-order valence-corrected chi connectivity index (χ4v) is 3.01. The van der Waals surface area contributed by atoms with E-state index in [0.29, 0.717) is 5.75 Å². The van der Waals surface area contributed by atoms with Crippen molar-refractivity contribution in [2.75, 3.05) is 5.32 Å². The van der Waals surface area contributed by atoms with Crippen LogP contribution in [0.3, 0.4) is 0 Å². The lowest BCUT2D eigenvalue weighted by Gasteiger charge is -2.07. The van der Waals surface area contributed by atoms with Gasteiger partial charge in [-0.05, 0) is 24.3 Å². The van der Waals surface area contributed by atoms with E-state index < -0.39 is 46.2 Å². The molecule has 0 aliphatic heterocycles. The Bertz CT molecular complexity index is 1380. The van der Waals surface area contributed by atoms with Crippen molar-refractivity contribution in [1.82, 2.24) is 9.78 Å². The zero-order chi connectivity index (χ0) is 25.1. The number of anilines is 1. The van der Waals surface area contributed by atoms with E-state index in [-0.39, 0.29) is 35.7 Å². The van der Waals surface area contributed by atoms with Crippen molar-refractivity contribution in [3.8, 4) is 5.75 Å². The highest BCUT2D eigenvalue weighted by molar-refractivity contribution is 6.01. The lowest BCUT2D eigenvalue weighted by Crippen LogP contribution is -2.13. The minimum Gasteiger partial charge on any atom is -0.486 e. The number of nitro groups is 1. The summed E-state index contributed by atoms with van der Waals surface area (Å²) in [6, 6.07) is 9.68. The van der Waals surface area contributed by atoms with Gasteiger partial charge >= 0.3 is 0 Å². The third-order valence-electron chi connectivity index (χ3n) is 4.72. The first kappa shape index (κ1) is 23.5. The Balaban J connectivity index is 1.36. The Morgan fingerprint density at radius 2 is 1.74 bits per heavy atom. The molecule has 180 valence electrons. The standard InChI is InChI=1S/C22H14F4N4O5/c23-16-9-17(24)21(26)15(20(16)25)10-29-8-7-19(28-29)27-22(31)18-6-5-14(35-18)11-34-13-3-1-12(2-4-13)30(32)33/h1-9H,10-11H2,(H,27,28,31). The number of nitro benzene ring substituents is 1. The summed E-state index contributed by atoms with van der Waals surface area (Å²) < 4.78 is 66.3. The van der Waals surface area contributed by atoms with Gasteiger partial charge in [-0.1, -0.05) is 0 Å². The Labute approximate surface area is 193 Å². The molecule has 0 bridgehead atoms. The van der Waals surface area contributed by atoms with Gasteiger partial charge in [-0.3, -0.25) is 19.6 Å². The predicted molar refractivity (Wildman–Crippen MR) is 112 cm³/mol. The SMILES string of the molecule is O=C(Nc1ccn(Cc2c(F)c(F)cc(F)c2F)n1)c1ccc(COc2ccc([N+](=O)[O-])cc2)o1. The average molecular weight is 490 g/mol. The van der Waals surface area contributed by atoms with E-state index in [4.69, 9.17) is 9.15 Å². The van der Waals surface area contributed by atoms with Gasteiger partial charge in [0.1, 0.15) is 18.1 Å². The number of nitrogens with zero attached hydrogens (tertiary/aromatic N) is 3. The Kier molecular flexibility index (Phi) is 6.48. The number of halogens is 4. The van der Waals surface area contributed by atoms with Crippen molar-refractivity contribution in [3.05, 3.63) is 105 Å². The van der Waals surface area contributed by atoms with Crippen LogP contribution in [0.1, 0.15) is 21.9 Å². The molecular formula is C22H14F4N4O5. The van der Waals surface area contributed by atoms with Gasteiger partial charge in [0.15, 0.2) is 34.8 Å². The van der Waals surface area contributed by atoms with Crippen LogP contribution in [-0.4, -0.2) is 20.6 Å². The van der Waals surface area contributed by atoms with Crippen molar-refractivity contribution < 1.29 is 36.4 Å². The van der Waals surface area contributed by atoms with E-state index in [1.807, 2.05) is 0 Å². The summed E-state index contributed by atoms with van der Waals surface area (Å²) in [4.78, 5) is 22.5. The summed E-state index contributed by atoms with van der Waals surface area (Å²) in [6.45, 7) is -0.672.